The van der Waals surface area contributed by atoms with Gasteiger partial charge in [-0.1, -0.05) is 104 Å². The lowest BCUT2D eigenvalue weighted by Crippen LogP contribution is -2.15. The van der Waals surface area contributed by atoms with Crippen LogP contribution in [-0.4, -0.2) is 24.7 Å². The highest BCUT2D eigenvalue weighted by Crippen LogP contribution is 2.45. The molecule has 4 aromatic heterocycles. The molecule has 0 radical (unpaired) electrons. The molecule has 0 saturated carbocycles. The number of fused-ring (bicyclic) bond motifs is 2. The van der Waals surface area contributed by atoms with Gasteiger partial charge in [-0.3, -0.25) is 4.90 Å². The van der Waals surface area contributed by atoms with Crippen molar-refractivity contribution in [2.45, 2.75) is 60.8 Å². The van der Waals surface area contributed by atoms with Crippen molar-refractivity contribution in [3.05, 3.63) is 130 Å². The van der Waals surface area contributed by atoms with Gasteiger partial charge in [-0.15, -0.1) is 10.2 Å². The standard InChI is InChI=1S/C44H40N10S2/c1-25-15-13-16-26(2)36(25)49-40-37(50-51-41-30(24-45)39(44(6,7)8)52-54(41)43-47-32-20-10-12-22-34(32)56-43)29(5)23-35(48-40)53(38-27(3)17-14-18-28(38)4)42-46-31-19-9-11-21-33(31)55-42/h9-23H,1-8H3,(H,48,49)/b51-50+. The van der Waals surface area contributed by atoms with Gasteiger partial charge in [0.2, 0.25) is 5.13 Å². The fourth-order valence-corrected chi connectivity index (χ4v) is 8.74. The Morgan fingerprint density at radius 2 is 1.32 bits per heavy atom. The second-order valence-corrected chi connectivity index (χ2v) is 16.9. The number of benzene rings is 4. The van der Waals surface area contributed by atoms with Crippen molar-refractivity contribution in [2.75, 3.05) is 10.2 Å². The highest BCUT2D eigenvalue weighted by molar-refractivity contribution is 7.22. The molecular weight excluding hydrogens is 733 g/mol. The molecule has 0 aliphatic carbocycles. The van der Waals surface area contributed by atoms with Gasteiger partial charge in [0, 0.05) is 11.1 Å². The van der Waals surface area contributed by atoms with E-state index in [1.54, 1.807) is 16.0 Å². The number of hydrogen-bond donors (Lipinski definition) is 1. The number of aryl methyl sites for hydroxylation is 5. The van der Waals surface area contributed by atoms with E-state index in [0.29, 0.717) is 39.5 Å². The third-order valence-electron chi connectivity index (χ3n) is 9.65. The first-order valence-electron chi connectivity index (χ1n) is 18.3. The number of nitriles is 1. The number of pyridine rings is 1. The van der Waals surface area contributed by atoms with Crippen molar-refractivity contribution in [3.8, 4) is 11.2 Å². The summed E-state index contributed by atoms with van der Waals surface area (Å²) in [6.07, 6.45) is 0. The Hall–Kier alpha value is -6.29. The first kappa shape index (κ1) is 36.7. The number of aromatic nitrogens is 5. The molecule has 56 heavy (non-hydrogen) atoms. The number of hydrogen-bond acceptors (Lipinski definition) is 11. The van der Waals surface area contributed by atoms with Gasteiger partial charge in [-0.05, 0) is 92.8 Å². The van der Waals surface area contributed by atoms with Crippen LogP contribution in [0.2, 0.25) is 0 Å². The van der Waals surface area contributed by atoms with Crippen LogP contribution in [0.1, 0.15) is 59.8 Å². The minimum atomic E-state index is -0.441. The smallest absolute Gasteiger partial charge is 0.213 e. The molecule has 0 unspecified atom stereocenters. The third kappa shape index (κ3) is 6.69. The van der Waals surface area contributed by atoms with Crippen LogP contribution in [0, 0.1) is 45.9 Å². The van der Waals surface area contributed by atoms with Gasteiger partial charge in [-0.25, -0.2) is 15.0 Å². The normalized spacial score (nSPS) is 11.8. The number of azo groups is 1. The number of thiazole rings is 2. The van der Waals surface area contributed by atoms with Crippen LogP contribution in [0.25, 0.3) is 25.6 Å². The lowest BCUT2D eigenvalue weighted by Gasteiger charge is -2.26. The molecule has 0 saturated heterocycles. The molecule has 0 atom stereocenters. The molecule has 0 aliphatic rings. The molecule has 278 valence electrons. The zero-order chi connectivity index (χ0) is 39.3. The average Bonchev–Trinajstić information content (AvgIpc) is 3.89. The maximum Gasteiger partial charge on any atom is 0.213 e. The minimum Gasteiger partial charge on any atom is -0.338 e. The largest absolute Gasteiger partial charge is 0.338 e. The first-order chi connectivity index (χ1) is 26.9. The molecule has 1 N–H and O–H groups in total. The quantitative estimate of drug-likeness (QED) is 0.153. The van der Waals surface area contributed by atoms with Gasteiger partial charge in [0.25, 0.3) is 0 Å². The highest BCUT2D eigenvalue weighted by atomic mass is 32.1. The van der Waals surface area contributed by atoms with E-state index in [2.05, 4.69) is 80.4 Å². The molecule has 0 fully saturated rings. The monoisotopic (exact) mass is 772 g/mol. The van der Waals surface area contributed by atoms with E-state index < -0.39 is 5.41 Å². The van der Waals surface area contributed by atoms with Gasteiger partial charge < -0.3 is 5.32 Å². The third-order valence-corrected chi connectivity index (χ3v) is 11.7. The van der Waals surface area contributed by atoms with E-state index in [4.69, 9.17) is 30.3 Å². The molecule has 4 heterocycles. The molecule has 0 amide bonds. The fourth-order valence-electron chi connectivity index (χ4n) is 6.84. The molecule has 0 aliphatic heterocycles. The predicted octanol–water partition coefficient (Wildman–Crippen LogP) is 12.8. The van der Waals surface area contributed by atoms with Crippen molar-refractivity contribution in [1.82, 2.24) is 24.7 Å². The maximum atomic E-state index is 10.6. The molecule has 12 heteroatoms. The number of nitrogens with zero attached hydrogens (tertiary/aromatic N) is 9. The van der Waals surface area contributed by atoms with Crippen LogP contribution in [0.4, 0.5) is 39.6 Å². The van der Waals surface area contributed by atoms with E-state index in [1.165, 1.54) is 11.3 Å². The van der Waals surface area contributed by atoms with Gasteiger partial charge in [-0.2, -0.15) is 15.0 Å². The van der Waals surface area contributed by atoms with E-state index in [9.17, 15) is 5.26 Å². The van der Waals surface area contributed by atoms with E-state index >= 15 is 0 Å². The van der Waals surface area contributed by atoms with Crippen LogP contribution < -0.4 is 10.2 Å². The van der Waals surface area contributed by atoms with Crippen LogP contribution in [0.3, 0.4) is 0 Å². The molecule has 4 aromatic carbocycles. The summed E-state index contributed by atoms with van der Waals surface area (Å²) in [6.45, 7) is 16.5. The summed E-state index contributed by atoms with van der Waals surface area (Å²) in [5.41, 5.74) is 9.91. The summed E-state index contributed by atoms with van der Waals surface area (Å²) >= 11 is 3.11. The number of anilines is 5. The number of rotatable bonds is 8. The summed E-state index contributed by atoms with van der Waals surface area (Å²) in [7, 11) is 0. The molecule has 8 rings (SSSR count). The molecule has 8 aromatic rings. The Balaban J connectivity index is 1.35. The Morgan fingerprint density at radius 1 is 0.714 bits per heavy atom. The van der Waals surface area contributed by atoms with E-state index in [1.807, 2.05) is 82.3 Å². The summed E-state index contributed by atoms with van der Waals surface area (Å²) in [6, 6.07) is 33.0. The molecule has 0 spiro atoms. The lowest BCUT2D eigenvalue weighted by atomic mass is 9.90. The SMILES string of the molecule is Cc1cc(N(c2nc3ccccc3s2)c2c(C)cccc2C)nc(Nc2c(C)cccc2C)c1/N=N/c1c(C#N)c(C(C)(C)C)nn1-c1nc2ccccc2s1. The average molecular weight is 773 g/mol. The molecular formula is C44H40N10S2. The van der Waals surface area contributed by atoms with E-state index in [0.717, 1.165) is 64.8 Å². The first-order valence-corrected chi connectivity index (χ1v) is 19.9. The van der Waals surface area contributed by atoms with Crippen molar-refractivity contribution in [3.63, 3.8) is 0 Å². The maximum absolute atomic E-state index is 10.6. The topological polar surface area (TPSA) is 120 Å². The van der Waals surface area contributed by atoms with Crippen molar-refractivity contribution >= 4 is 82.8 Å². The van der Waals surface area contributed by atoms with Crippen LogP contribution in [0.15, 0.2) is 101 Å². The van der Waals surface area contributed by atoms with Crippen LogP contribution in [0.5, 0.6) is 0 Å². The van der Waals surface area contributed by atoms with Gasteiger partial charge >= 0.3 is 0 Å². The van der Waals surface area contributed by atoms with Gasteiger partial charge in [0.15, 0.2) is 16.8 Å². The number of nitrogens with one attached hydrogen (secondary N) is 1. The Bertz CT molecular complexity index is 2760. The Morgan fingerprint density at radius 3 is 1.93 bits per heavy atom. The Labute approximate surface area is 333 Å². The van der Waals surface area contributed by atoms with Crippen LogP contribution in [-0.2, 0) is 5.41 Å². The zero-order valence-corrected chi connectivity index (χ0v) is 34.1. The van der Waals surface area contributed by atoms with E-state index in [-0.39, 0.29) is 0 Å². The molecule has 10 nitrogen and oxygen atoms in total. The number of para-hydroxylation sites is 4. The predicted molar refractivity (Wildman–Crippen MR) is 230 cm³/mol. The second kappa shape index (κ2) is 14.4. The van der Waals surface area contributed by atoms with Crippen molar-refractivity contribution < 1.29 is 0 Å². The summed E-state index contributed by atoms with van der Waals surface area (Å²) in [5.74, 6) is 1.50. The second-order valence-electron chi connectivity index (χ2n) is 14.9. The summed E-state index contributed by atoms with van der Waals surface area (Å²) in [4.78, 5) is 17.5. The minimum absolute atomic E-state index is 0.310. The fraction of sp³-hybridized carbons (Fsp3) is 0.205. The lowest BCUT2D eigenvalue weighted by molar-refractivity contribution is 0.559. The summed E-state index contributed by atoms with van der Waals surface area (Å²) < 4.78 is 3.75. The zero-order valence-electron chi connectivity index (χ0n) is 32.5. The van der Waals surface area contributed by atoms with Gasteiger partial charge in [0.05, 0.1) is 31.8 Å². The highest BCUT2D eigenvalue weighted by Gasteiger charge is 2.30. The molecule has 0 bridgehead atoms. The van der Waals surface area contributed by atoms with Crippen molar-refractivity contribution in [2.24, 2.45) is 10.2 Å². The van der Waals surface area contributed by atoms with Crippen LogP contribution >= 0.6 is 22.7 Å². The summed E-state index contributed by atoms with van der Waals surface area (Å²) in [5, 5.41) is 30.4. The van der Waals surface area contributed by atoms with Gasteiger partial charge in [0.1, 0.15) is 23.1 Å². The Kier molecular flexibility index (Phi) is 9.44. The van der Waals surface area contributed by atoms with Crippen molar-refractivity contribution in [1.29, 1.82) is 5.26 Å².